The average Bonchev–Trinajstić information content (AvgIpc) is 2.47. The van der Waals surface area contributed by atoms with E-state index in [-0.39, 0.29) is 22.8 Å². The smallest absolute Gasteiger partial charge is 0.238 e. The number of hydrogen-bond donors (Lipinski definition) is 3. The van der Waals surface area contributed by atoms with Crippen LogP contribution < -0.4 is 16.2 Å². The second-order valence-corrected chi connectivity index (χ2v) is 7.42. The van der Waals surface area contributed by atoms with Gasteiger partial charge in [0, 0.05) is 18.5 Å². The van der Waals surface area contributed by atoms with Gasteiger partial charge in [0.05, 0.1) is 4.90 Å². The minimum absolute atomic E-state index is 0.0218. The fourth-order valence-corrected chi connectivity index (χ4v) is 3.30. The second kappa shape index (κ2) is 7.21. The van der Waals surface area contributed by atoms with Crippen LogP contribution in [0.2, 0.25) is 0 Å². The number of carbonyl (C=O) groups excluding carboxylic acids is 1. The predicted molar refractivity (Wildman–Crippen MR) is 84.5 cm³/mol. The van der Waals surface area contributed by atoms with Gasteiger partial charge in [-0.1, -0.05) is 18.6 Å². The highest BCUT2D eigenvalue weighted by molar-refractivity contribution is 7.89. The standard InChI is InChI=1S/C15H23N3O3S/c16-13-3-1-2-12(10-13)15(19)18-9-8-11-4-6-14(7-5-11)22(17,20)21/h4-7,12-13H,1-3,8-10,16H2,(H,18,19)(H2,17,20,21). The van der Waals surface area contributed by atoms with Crippen molar-refractivity contribution in [2.24, 2.45) is 16.8 Å². The number of sulfonamides is 1. The van der Waals surface area contributed by atoms with E-state index in [1.807, 2.05) is 0 Å². The Morgan fingerprint density at radius 1 is 1.23 bits per heavy atom. The number of carbonyl (C=O) groups is 1. The molecule has 1 aromatic carbocycles. The van der Waals surface area contributed by atoms with Crippen LogP contribution in [0, 0.1) is 5.92 Å². The van der Waals surface area contributed by atoms with E-state index in [1.165, 1.54) is 12.1 Å². The highest BCUT2D eigenvalue weighted by Gasteiger charge is 2.24. The summed E-state index contributed by atoms with van der Waals surface area (Å²) in [6.45, 7) is 0.527. The number of primary sulfonamides is 1. The molecule has 22 heavy (non-hydrogen) atoms. The van der Waals surface area contributed by atoms with Gasteiger partial charge >= 0.3 is 0 Å². The molecule has 1 aliphatic rings. The lowest BCUT2D eigenvalue weighted by Crippen LogP contribution is -2.38. The summed E-state index contributed by atoms with van der Waals surface area (Å²) in [6.07, 6.45) is 4.32. The molecule has 0 saturated heterocycles. The Balaban J connectivity index is 1.80. The Hall–Kier alpha value is -1.44. The molecule has 122 valence electrons. The Kier molecular flexibility index (Phi) is 5.55. The van der Waals surface area contributed by atoms with Crippen LogP contribution in [-0.2, 0) is 21.2 Å². The molecule has 2 rings (SSSR count). The molecular weight excluding hydrogens is 302 g/mol. The van der Waals surface area contributed by atoms with Gasteiger partial charge in [0.25, 0.3) is 0 Å². The molecule has 2 atom stereocenters. The van der Waals surface area contributed by atoms with Crippen molar-refractivity contribution < 1.29 is 13.2 Å². The van der Waals surface area contributed by atoms with Crippen molar-refractivity contribution in [2.45, 2.75) is 43.0 Å². The monoisotopic (exact) mass is 325 g/mol. The fourth-order valence-electron chi connectivity index (χ4n) is 2.79. The van der Waals surface area contributed by atoms with E-state index >= 15 is 0 Å². The van der Waals surface area contributed by atoms with Crippen LogP contribution in [0.15, 0.2) is 29.2 Å². The molecule has 1 fully saturated rings. The van der Waals surface area contributed by atoms with Crippen LogP contribution in [0.5, 0.6) is 0 Å². The molecule has 2 unspecified atom stereocenters. The van der Waals surface area contributed by atoms with E-state index in [0.29, 0.717) is 13.0 Å². The van der Waals surface area contributed by atoms with Gasteiger partial charge < -0.3 is 11.1 Å². The summed E-state index contributed by atoms with van der Waals surface area (Å²) in [5.41, 5.74) is 6.84. The molecule has 0 aliphatic heterocycles. The normalized spacial score (nSPS) is 22.3. The number of nitrogens with one attached hydrogen (secondary N) is 1. The topological polar surface area (TPSA) is 115 Å². The molecule has 0 heterocycles. The first-order valence-electron chi connectivity index (χ1n) is 7.51. The Morgan fingerprint density at radius 3 is 2.50 bits per heavy atom. The van der Waals surface area contributed by atoms with Crippen molar-refractivity contribution in [2.75, 3.05) is 6.54 Å². The molecule has 0 radical (unpaired) electrons. The summed E-state index contributed by atoms with van der Waals surface area (Å²) in [4.78, 5) is 12.2. The molecule has 0 aromatic heterocycles. The van der Waals surface area contributed by atoms with Gasteiger partial charge in [0.15, 0.2) is 0 Å². The van der Waals surface area contributed by atoms with Crippen LogP contribution in [0.4, 0.5) is 0 Å². The molecule has 0 spiro atoms. The molecule has 1 saturated carbocycles. The van der Waals surface area contributed by atoms with E-state index in [1.54, 1.807) is 12.1 Å². The number of nitrogens with two attached hydrogens (primary N) is 2. The summed E-state index contributed by atoms with van der Waals surface area (Å²) in [7, 11) is -3.65. The second-order valence-electron chi connectivity index (χ2n) is 5.85. The van der Waals surface area contributed by atoms with Crippen molar-refractivity contribution in [1.82, 2.24) is 5.32 Å². The highest BCUT2D eigenvalue weighted by Crippen LogP contribution is 2.23. The number of hydrogen-bond acceptors (Lipinski definition) is 4. The summed E-state index contributed by atoms with van der Waals surface area (Å²) < 4.78 is 22.3. The summed E-state index contributed by atoms with van der Waals surface area (Å²) >= 11 is 0. The maximum absolute atomic E-state index is 12.1. The van der Waals surface area contributed by atoms with Crippen LogP contribution >= 0.6 is 0 Å². The van der Waals surface area contributed by atoms with E-state index in [2.05, 4.69) is 5.32 Å². The third-order valence-electron chi connectivity index (χ3n) is 4.05. The Labute approximate surface area is 131 Å². The third kappa shape index (κ3) is 4.79. The quantitative estimate of drug-likeness (QED) is 0.731. The summed E-state index contributed by atoms with van der Waals surface area (Å²) in [5.74, 6) is 0.0878. The zero-order chi connectivity index (χ0) is 16.2. The van der Waals surface area contributed by atoms with Crippen LogP contribution in [0.3, 0.4) is 0 Å². The van der Waals surface area contributed by atoms with E-state index in [4.69, 9.17) is 10.9 Å². The van der Waals surface area contributed by atoms with Crippen molar-refractivity contribution in [3.05, 3.63) is 29.8 Å². The number of rotatable bonds is 5. The highest BCUT2D eigenvalue weighted by atomic mass is 32.2. The van der Waals surface area contributed by atoms with Gasteiger partial charge in [-0.15, -0.1) is 0 Å². The lowest BCUT2D eigenvalue weighted by Gasteiger charge is -2.25. The molecule has 5 N–H and O–H groups in total. The third-order valence-corrected chi connectivity index (χ3v) is 4.98. The maximum Gasteiger partial charge on any atom is 0.238 e. The van der Waals surface area contributed by atoms with Crippen molar-refractivity contribution in [3.63, 3.8) is 0 Å². The molecule has 6 nitrogen and oxygen atoms in total. The van der Waals surface area contributed by atoms with Crippen LogP contribution in [0.25, 0.3) is 0 Å². The first-order valence-corrected chi connectivity index (χ1v) is 9.06. The average molecular weight is 325 g/mol. The van der Waals surface area contributed by atoms with E-state index in [0.717, 1.165) is 31.2 Å². The zero-order valence-corrected chi connectivity index (χ0v) is 13.3. The number of amides is 1. The predicted octanol–water partition coefficient (Wildman–Crippen LogP) is 0.510. The summed E-state index contributed by atoms with van der Waals surface area (Å²) in [5, 5.41) is 7.97. The summed E-state index contributed by atoms with van der Waals surface area (Å²) in [6, 6.07) is 6.51. The molecular formula is C15H23N3O3S. The van der Waals surface area contributed by atoms with Gasteiger partial charge in [-0.2, -0.15) is 0 Å². The Morgan fingerprint density at radius 2 is 1.91 bits per heavy atom. The molecule has 0 bridgehead atoms. The minimum Gasteiger partial charge on any atom is -0.356 e. The first-order chi connectivity index (χ1) is 10.4. The molecule has 7 heteroatoms. The minimum atomic E-state index is -3.65. The molecule has 1 amide bonds. The van der Waals surface area contributed by atoms with Crippen LogP contribution in [0.1, 0.15) is 31.2 Å². The van der Waals surface area contributed by atoms with Gasteiger partial charge in [0.1, 0.15) is 0 Å². The molecule has 1 aliphatic carbocycles. The fraction of sp³-hybridized carbons (Fsp3) is 0.533. The number of benzene rings is 1. The van der Waals surface area contributed by atoms with Crippen molar-refractivity contribution >= 4 is 15.9 Å². The Bertz CT molecular complexity index is 613. The van der Waals surface area contributed by atoms with Crippen molar-refractivity contribution in [3.8, 4) is 0 Å². The van der Waals surface area contributed by atoms with Crippen molar-refractivity contribution in [1.29, 1.82) is 0 Å². The molecule has 1 aromatic rings. The zero-order valence-electron chi connectivity index (χ0n) is 12.5. The SMILES string of the molecule is NC1CCCC(C(=O)NCCc2ccc(S(N)(=O)=O)cc2)C1. The largest absolute Gasteiger partial charge is 0.356 e. The van der Waals surface area contributed by atoms with Gasteiger partial charge in [0.2, 0.25) is 15.9 Å². The van der Waals surface area contributed by atoms with E-state index < -0.39 is 10.0 Å². The van der Waals surface area contributed by atoms with Gasteiger partial charge in [-0.25, -0.2) is 13.6 Å². The lowest BCUT2D eigenvalue weighted by atomic mass is 9.85. The van der Waals surface area contributed by atoms with Gasteiger partial charge in [-0.05, 0) is 43.4 Å². The maximum atomic E-state index is 12.1. The lowest BCUT2D eigenvalue weighted by molar-refractivity contribution is -0.126. The van der Waals surface area contributed by atoms with Crippen LogP contribution in [-0.4, -0.2) is 26.9 Å². The first kappa shape index (κ1) is 16.9. The van der Waals surface area contributed by atoms with Gasteiger partial charge in [-0.3, -0.25) is 4.79 Å². The van der Waals surface area contributed by atoms with E-state index in [9.17, 15) is 13.2 Å².